The highest BCUT2D eigenvalue weighted by Crippen LogP contribution is 2.27. The molecule has 0 spiro atoms. The standard InChI is InChI=1S/C15H19N3O2/c1-3-13-14(16-2)17-10-18-15(13)20-12-6-4-11(5-7-12)8-9-19/h4-7,10,19H,3,8-9H2,1-2H3,(H,16,17,18). The Morgan fingerprint density at radius 2 is 1.95 bits per heavy atom. The molecule has 0 aliphatic rings. The van der Waals surface area contributed by atoms with Gasteiger partial charge in [0.1, 0.15) is 17.9 Å². The second kappa shape index (κ2) is 6.86. The highest BCUT2D eigenvalue weighted by Gasteiger charge is 2.10. The van der Waals surface area contributed by atoms with Crippen molar-refractivity contribution in [2.75, 3.05) is 19.0 Å². The van der Waals surface area contributed by atoms with E-state index in [4.69, 9.17) is 9.84 Å². The number of hydrogen-bond donors (Lipinski definition) is 2. The van der Waals surface area contributed by atoms with E-state index in [0.717, 1.165) is 29.1 Å². The highest BCUT2D eigenvalue weighted by atomic mass is 16.5. The lowest BCUT2D eigenvalue weighted by atomic mass is 10.1. The van der Waals surface area contributed by atoms with Gasteiger partial charge in [-0.25, -0.2) is 9.97 Å². The van der Waals surface area contributed by atoms with Gasteiger partial charge in [-0.1, -0.05) is 19.1 Å². The first-order chi connectivity index (χ1) is 9.78. The Morgan fingerprint density at radius 1 is 1.20 bits per heavy atom. The molecule has 2 aromatic rings. The van der Waals surface area contributed by atoms with Crippen LogP contribution in [-0.4, -0.2) is 28.7 Å². The Morgan fingerprint density at radius 3 is 2.55 bits per heavy atom. The Kier molecular flexibility index (Phi) is 4.90. The minimum absolute atomic E-state index is 0.150. The number of benzene rings is 1. The van der Waals surface area contributed by atoms with Gasteiger partial charge in [-0.15, -0.1) is 0 Å². The molecule has 20 heavy (non-hydrogen) atoms. The summed E-state index contributed by atoms with van der Waals surface area (Å²) in [5, 5.41) is 11.9. The molecule has 2 rings (SSSR count). The van der Waals surface area contributed by atoms with Gasteiger partial charge in [-0.3, -0.25) is 0 Å². The van der Waals surface area contributed by atoms with E-state index in [0.29, 0.717) is 12.3 Å². The zero-order valence-electron chi connectivity index (χ0n) is 11.8. The lowest BCUT2D eigenvalue weighted by Gasteiger charge is -2.12. The van der Waals surface area contributed by atoms with Crippen molar-refractivity contribution >= 4 is 5.82 Å². The fourth-order valence-electron chi connectivity index (χ4n) is 1.98. The third-order valence-corrected chi connectivity index (χ3v) is 3.03. The zero-order valence-corrected chi connectivity index (χ0v) is 11.8. The average Bonchev–Trinajstić information content (AvgIpc) is 2.49. The average molecular weight is 273 g/mol. The molecule has 1 aromatic heterocycles. The molecular weight excluding hydrogens is 254 g/mol. The molecule has 0 bridgehead atoms. The van der Waals surface area contributed by atoms with Crippen molar-refractivity contribution in [1.82, 2.24) is 9.97 Å². The molecule has 0 aliphatic carbocycles. The monoisotopic (exact) mass is 273 g/mol. The van der Waals surface area contributed by atoms with Gasteiger partial charge in [0.05, 0.1) is 5.56 Å². The van der Waals surface area contributed by atoms with Crippen LogP contribution in [-0.2, 0) is 12.8 Å². The number of hydrogen-bond acceptors (Lipinski definition) is 5. The van der Waals surface area contributed by atoms with E-state index in [9.17, 15) is 0 Å². The third-order valence-electron chi connectivity index (χ3n) is 3.03. The first-order valence-electron chi connectivity index (χ1n) is 6.67. The summed E-state index contributed by atoms with van der Waals surface area (Å²) < 4.78 is 5.82. The summed E-state index contributed by atoms with van der Waals surface area (Å²) in [5.74, 6) is 2.08. The number of nitrogens with zero attached hydrogens (tertiary/aromatic N) is 2. The van der Waals surface area contributed by atoms with Crippen molar-refractivity contribution in [2.24, 2.45) is 0 Å². The summed E-state index contributed by atoms with van der Waals surface area (Å²) in [6, 6.07) is 7.64. The van der Waals surface area contributed by atoms with Crippen molar-refractivity contribution in [3.8, 4) is 11.6 Å². The summed E-state index contributed by atoms with van der Waals surface area (Å²) in [6.07, 6.45) is 2.92. The molecule has 0 amide bonds. The number of ether oxygens (including phenoxy) is 1. The van der Waals surface area contributed by atoms with Crippen LogP contribution < -0.4 is 10.1 Å². The van der Waals surface area contributed by atoms with Crippen LogP contribution in [0.1, 0.15) is 18.1 Å². The molecule has 0 aliphatic heterocycles. The van der Waals surface area contributed by atoms with Gasteiger partial charge in [-0.05, 0) is 30.5 Å². The molecule has 106 valence electrons. The van der Waals surface area contributed by atoms with Crippen molar-refractivity contribution in [3.05, 3.63) is 41.7 Å². The maximum Gasteiger partial charge on any atom is 0.227 e. The van der Waals surface area contributed by atoms with E-state index >= 15 is 0 Å². The second-order valence-corrected chi connectivity index (χ2v) is 4.33. The topological polar surface area (TPSA) is 67.3 Å². The Balaban J connectivity index is 2.21. The quantitative estimate of drug-likeness (QED) is 0.846. The predicted octanol–water partition coefficient (Wildman–Crippen LogP) is 2.41. The highest BCUT2D eigenvalue weighted by molar-refractivity contribution is 5.49. The molecule has 0 radical (unpaired) electrons. The van der Waals surface area contributed by atoms with Crippen LogP contribution in [0, 0.1) is 0 Å². The lowest BCUT2D eigenvalue weighted by Crippen LogP contribution is -2.02. The normalized spacial score (nSPS) is 10.3. The fraction of sp³-hybridized carbons (Fsp3) is 0.333. The van der Waals surface area contributed by atoms with Crippen LogP contribution in [0.15, 0.2) is 30.6 Å². The maximum atomic E-state index is 8.90. The summed E-state index contributed by atoms with van der Waals surface area (Å²) >= 11 is 0. The van der Waals surface area contributed by atoms with Gasteiger partial charge in [0, 0.05) is 13.7 Å². The molecule has 0 saturated heterocycles. The second-order valence-electron chi connectivity index (χ2n) is 4.33. The van der Waals surface area contributed by atoms with E-state index in [1.54, 1.807) is 0 Å². The molecular formula is C15H19N3O2. The predicted molar refractivity (Wildman–Crippen MR) is 78.3 cm³/mol. The third kappa shape index (κ3) is 3.24. The van der Waals surface area contributed by atoms with Crippen LogP contribution >= 0.6 is 0 Å². The van der Waals surface area contributed by atoms with Crippen LogP contribution in [0.4, 0.5) is 5.82 Å². The number of aromatic nitrogens is 2. The van der Waals surface area contributed by atoms with Gasteiger partial charge in [0.25, 0.3) is 0 Å². The van der Waals surface area contributed by atoms with Crippen molar-refractivity contribution in [1.29, 1.82) is 0 Å². The number of aliphatic hydroxyl groups excluding tert-OH is 1. The molecule has 0 unspecified atom stereocenters. The number of rotatable bonds is 6. The van der Waals surface area contributed by atoms with Crippen LogP contribution in [0.25, 0.3) is 0 Å². The minimum atomic E-state index is 0.150. The van der Waals surface area contributed by atoms with Crippen LogP contribution in [0.3, 0.4) is 0 Å². The zero-order chi connectivity index (χ0) is 14.4. The summed E-state index contributed by atoms with van der Waals surface area (Å²) in [6.45, 7) is 2.19. The van der Waals surface area contributed by atoms with E-state index in [-0.39, 0.29) is 6.61 Å². The molecule has 0 fully saturated rings. The van der Waals surface area contributed by atoms with Crippen molar-refractivity contribution < 1.29 is 9.84 Å². The van der Waals surface area contributed by atoms with Gasteiger partial charge < -0.3 is 15.2 Å². The number of anilines is 1. The number of aliphatic hydroxyl groups is 1. The van der Waals surface area contributed by atoms with Crippen molar-refractivity contribution in [2.45, 2.75) is 19.8 Å². The van der Waals surface area contributed by atoms with E-state index < -0.39 is 0 Å². The van der Waals surface area contributed by atoms with Gasteiger partial charge in [0.2, 0.25) is 5.88 Å². The van der Waals surface area contributed by atoms with Crippen LogP contribution in [0.5, 0.6) is 11.6 Å². The smallest absolute Gasteiger partial charge is 0.227 e. The lowest BCUT2D eigenvalue weighted by molar-refractivity contribution is 0.299. The minimum Gasteiger partial charge on any atom is -0.439 e. The Labute approximate surface area is 118 Å². The van der Waals surface area contributed by atoms with Gasteiger partial charge in [-0.2, -0.15) is 0 Å². The molecule has 0 saturated carbocycles. The Hall–Kier alpha value is -2.14. The first kappa shape index (κ1) is 14.3. The molecule has 1 heterocycles. The van der Waals surface area contributed by atoms with E-state index in [2.05, 4.69) is 15.3 Å². The SMILES string of the molecule is CCc1c(NC)ncnc1Oc1ccc(CCO)cc1. The first-order valence-corrected chi connectivity index (χ1v) is 6.67. The molecule has 1 aromatic carbocycles. The summed E-state index contributed by atoms with van der Waals surface area (Å²) in [4.78, 5) is 8.38. The maximum absolute atomic E-state index is 8.90. The summed E-state index contributed by atoms with van der Waals surface area (Å²) in [7, 11) is 1.83. The Bertz CT molecular complexity index is 556. The fourth-order valence-corrected chi connectivity index (χ4v) is 1.98. The number of nitrogens with one attached hydrogen (secondary N) is 1. The van der Waals surface area contributed by atoms with E-state index in [1.807, 2.05) is 38.2 Å². The molecule has 5 nitrogen and oxygen atoms in total. The molecule has 5 heteroatoms. The van der Waals surface area contributed by atoms with Gasteiger partial charge >= 0.3 is 0 Å². The van der Waals surface area contributed by atoms with E-state index in [1.165, 1.54) is 6.33 Å². The summed E-state index contributed by atoms with van der Waals surface area (Å²) in [5.41, 5.74) is 2.03. The van der Waals surface area contributed by atoms with Crippen molar-refractivity contribution in [3.63, 3.8) is 0 Å². The largest absolute Gasteiger partial charge is 0.439 e. The van der Waals surface area contributed by atoms with Crippen LogP contribution in [0.2, 0.25) is 0 Å². The molecule has 0 atom stereocenters. The molecule has 2 N–H and O–H groups in total. The van der Waals surface area contributed by atoms with Gasteiger partial charge in [0.15, 0.2) is 0 Å².